The van der Waals surface area contributed by atoms with Gasteiger partial charge >= 0.3 is 0 Å². The fraction of sp³-hybridized carbons (Fsp3) is 0.500. The molecule has 0 radical (unpaired) electrons. The molecule has 0 amide bonds. The highest BCUT2D eigenvalue weighted by atomic mass is 16.5. The number of anilines is 1. The lowest BCUT2D eigenvalue weighted by Crippen LogP contribution is -2.39. The Morgan fingerprint density at radius 1 is 0.963 bits per heavy atom. The zero-order valence-corrected chi connectivity index (χ0v) is 16.4. The van der Waals surface area contributed by atoms with E-state index in [9.17, 15) is 0 Å². The molecule has 1 saturated heterocycles. The Kier molecular flexibility index (Phi) is 6.10. The standard InChI is InChI=1S/C24H32N2O/c1-19(20-8-4-2-5-9-20)26-16-17-27-24(18-26)21-12-14-23(15-13-21)25-22-10-6-3-7-11-22/h2,4-5,8-9,12-15,19,22,24-25H,3,6-7,10-11,16-18H2,1H3/t19-,24-/m1/s1. The fourth-order valence-electron chi connectivity index (χ4n) is 4.44. The molecule has 144 valence electrons. The molecule has 0 spiro atoms. The third kappa shape index (κ3) is 4.72. The van der Waals surface area contributed by atoms with E-state index < -0.39 is 0 Å². The van der Waals surface area contributed by atoms with Gasteiger partial charge in [0.25, 0.3) is 0 Å². The zero-order chi connectivity index (χ0) is 18.5. The maximum absolute atomic E-state index is 6.11. The van der Waals surface area contributed by atoms with Gasteiger partial charge in [-0.25, -0.2) is 0 Å². The molecule has 1 saturated carbocycles. The molecule has 1 N–H and O–H groups in total. The molecule has 27 heavy (non-hydrogen) atoms. The van der Waals surface area contributed by atoms with E-state index in [1.165, 1.54) is 48.9 Å². The van der Waals surface area contributed by atoms with Crippen LogP contribution in [0, 0.1) is 0 Å². The van der Waals surface area contributed by atoms with Crippen molar-refractivity contribution in [3.63, 3.8) is 0 Å². The Hall–Kier alpha value is -1.84. The van der Waals surface area contributed by atoms with Gasteiger partial charge in [0.2, 0.25) is 0 Å². The molecular formula is C24H32N2O. The summed E-state index contributed by atoms with van der Waals surface area (Å²) in [4.78, 5) is 2.54. The fourth-order valence-corrected chi connectivity index (χ4v) is 4.44. The molecule has 3 heteroatoms. The molecule has 0 bridgehead atoms. The smallest absolute Gasteiger partial charge is 0.0952 e. The first-order valence-electron chi connectivity index (χ1n) is 10.6. The highest BCUT2D eigenvalue weighted by Crippen LogP contribution is 2.29. The van der Waals surface area contributed by atoms with Crippen molar-refractivity contribution in [2.45, 2.75) is 57.2 Å². The first kappa shape index (κ1) is 18.5. The number of hydrogen-bond acceptors (Lipinski definition) is 3. The van der Waals surface area contributed by atoms with Gasteiger partial charge < -0.3 is 10.1 Å². The Labute approximate surface area is 163 Å². The normalized spacial score (nSPS) is 23.1. The van der Waals surface area contributed by atoms with Crippen LogP contribution in [0.25, 0.3) is 0 Å². The summed E-state index contributed by atoms with van der Waals surface area (Å²) >= 11 is 0. The van der Waals surface area contributed by atoms with Crippen LogP contribution in [0.2, 0.25) is 0 Å². The van der Waals surface area contributed by atoms with Gasteiger partial charge in [0.05, 0.1) is 12.7 Å². The third-order valence-corrected chi connectivity index (χ3v) is 6.19. The molecule has 4 rings (SSSR count). The van der Waals surface area contributed by atoms with Crippen molar-refractivity contribution in [1.29, 1.82) is 0 Å². The van der Waals surface area contributed by atoms with Gasteiger partial charge in [-0.15, -0.1) is 0 Å². The molecule has 3 nitrogen and oxygen atoms in total. The summed E-state index contributed by atoms with van der Waals surface area (Å²) in [6.45, 7) is 5.04. The Morgan fingerprint density at radius 2 is 1.70 bits per heavy atom. The van der Waals surface area contributed by atoms with Crippen molar-refractivity contribution in [1.82, 2.24) is 4.90 Å². The molecule has 0 unspecified atom stereocenters. The van der Waals surface area contributed by atoms with Gasteiger partial charge in [-0.1, -0.05) is 61.7 Å². The van der Waals surface area contributed by atoms with Crippen molar-refractivity contribution in [3.8, 4) is 0 Å². The Morgan fingerprint density at radius 3 is 2.44 bits per heavy atom. The van der Waals surface area contributed by atoms with E-state index in [-0.39, 0.29) is 6.10 Å². The van der Waals surface area contributed by atoms with E-state index in [1.54, 1.807) is 0 Å². The minimum Gasteiger partial charge on any atom is -0.382 e. The molecule has 2 aromatic carbocycles. The van der Waals surface area contributed by atoms with Crippen LogP contribution in [0.1, 0.15) is 62.3 Å². The van der Waals surface area contributed by atoms with E-state index >= 15 is 0 Å². The van der Waals surface area contributed by atoms with Gasteiger partial charge in [-0.3, -0.25) is 4.90 Å². The van der Waals surface area contributed by atoms with Gasteiger partial charge in [-0.05, 0) is 43.0 Å². The molecule has 0 aromatic heterocycles. The van der Waals surface area contributed by atoms with Crippen LogP contribution >= 0.6 is 0 Å². The number of morpholine rings is 1. The monoisotopic (exact) mass is 364 g/mol. The van der Waals surface area contributed by atoms with Crippen molar-refractivity contribution in [2.24, 2.45) is 0 Å². The summed E-state index contributed by atoms with van der Waals surface area (Å²) < 4.78 is 6.11. The average molecular weight is 365 g/mol. The summed E-state index contributed by atoms with van der Waals surface area (Å²) in [5.74, 6) is 0. The molecule has 1 aliphatic carbocycles. The molecule has 2 fully saturated rings. The lowest BCUT2D eigenvalue weighted by atomic mass is 9.95. The van der Waals surface area contributed by atoms with Gasteiger partial charge in [0.1, 0.15) is 0 Å². The summed E-state index contributed by atoms with van der Waals surface area (Å²) in [6.07, 6.45) is 6.89. The number of ether oxygens (including phenoxy) is 1. The Bertz CT molecular complexity index is 694. The zero-order valence-electron chi connectivity index (χ0n) is 16.4. The maximum Gasteiger partial charge on any atom is 0.0952 e. The molecule has 2 aliphatic rings. The quantitative estimate of drug-likeness (QED) is 0.751. The molecular weight excluding hydrogens is 332 g/mol. The summed E-state index contributed by atoms with van der Waals surface area (Å²) in [7, 11) is 0. The highest BCUT2D eigenvalue weighted by Gasteiger charge is 2.26. The van der Waals surface area contributed by atoms with Crippen molar-refractivity contribution >= 4 is 5.69 Å². The van der Waals surface area contributed by atoms with E-state index in [2.05, 4.69) is 71.7 Å². The van der Waals surface area contributed by atoms with Crippen molar-refractivity contribution in [3.05, 3.63) is 65.7 Å². The van der Waals surface area contributed by atoms with Crippen molar-refractivity contribution in [2.75, 3.05) is 25.0 Å². The first-order chi connectivity index (χ1) is 13.3. The van der Waals surface area contributed by atoms with Crippen LogP contribution in [-0.2, 0) is 4.74 Å². The van der Waals surface area contributed by atoms with Gasteiger partial charge in [0, 0.05) is 30.9 Å². The third-order valence-electron chi connectivity index (χ3n) is 6.19. The van der Waals surface area contributed by atoms with Gasteiger partial charge in [0.15, 0.2) is 0 Å². The Balaban J connectivity index is 1.37. The SMILES string of the molecule is C[C@H](c1ccccc1)N1CCO[C@@H](c2ccc(NC3CCCCC3)cc2)C1. The van der Waals surface area contributed by atoms with Crippen LogP contribution in [0.5, 0.6) is 0 Å². The first-order valence-corrected chi connectivity index (χ1v) is 10.6. The second-order valence-electron chi connectivity index (χ2n) is 8.04. The van der Waals surface area contributed by atoms with E-state index in [1.807, 2.05) is 0 Å². The molecule has 1 heterocycles. The minimum atomic E-state index is 0.161. The van der Waals surface area contributed by atoms with Crippen LogP contribution in [0.3, 0.4) is 0 Å². The van der Waals surface area contributed by atoms with Crippen molar-refractivity contribution < 1.29 is 4.74 Å². The summed E-state index contributed by atoms with van der Waals surface area (Å²) in [6, 6.07) is 20.8. The molecule has 1 aliphatic heterocycles. The van der Waals surface area contributed by atoms with E-state index in [0.29, 0.717) is 12.1 Å². The number of rotatable bonds is 5. The maximum atomic E-state index is 6.11. The average Bonchev–Trinajstić information content (AvgIpc) is 2.75. The number of nitrogens with one attached hydrogen (secondary N) is 1. The van der Waals surface area contributed by atoms with Gasteiger partial charge in [-0.2, -0.15) is 0 Å². The second kappa shape index (κ2) is 8.90. The largest absolute Gasteiger partial charge is 0.382 e. The molecule has 2 aromatic rings. The molecule has 2 atom stereocenters. The predicted octanol–water partition coefficient (Wildman–Crippen LogP) is 5.57. The predicted molar refractivity (Wildman–Crippen MR) is 112 cm³/mol. The topological polar surface area (TPSA) is 24.5 Å². The lowest BCUT2D eigenvalue weighted by Gasteiger charge is -2.37. The van der Waals surface area contributed by atoms with Crippen LogP contribution in [0.4, 0.5) is 5.69 Å². The number of nitrogens with zero attached hydrogens (tertiary/aromatic N) is 1. The van der Waals surface area contributed by atoms with E-state index in [4.69, 9.17) is 4.74 Å². The van der Waals surface area contributed by atoms with Crippen LogP contribution in [-0.4, -0.2) is 30.6 Å². The second-order valence-corrected chi connectivity index (χ2v) is 8.04. The summed E-state index contributed by atoms with van der Waals surface area (Å²) in [5.41, 5.74) is 3.91. The highest BCUT2D eigenvalue weighted by molar-refractivity contribution is 5.46. The number of benzene rings is 2. The number of hydrogen-bond donors (Lipinski definition) is 1. The minimum absolute atomic E-state index is 0.161. The lowest BCUT2D eigenvalue weighted by molar-refractivity contribution is -0.0431. The van der Waals surface area contributed by atoms with E-state index in [0.717, 1.165) is 19.7 Å². The summed E-state index contributed by atoms with van der Waals surface area (Å²) in [5, 5.41) is 3.71. The van der Waals surface area contributed by atoms with Crippen LogP contribution in [0.15, 0.2) is 54.6 Å². The van der Waals surface area contributed by atoms with Crippen LogP contribution < -0.4 is 5.32 Å².